The Morgan fingerprint density at radius 1 is 1.50 bits per heavy atom. The quantitative estimate of drug-likeness (QED) is 0.758. The number of carboxylic acid groups (broad SMARTS) is 1. The maximum absolute atomic E-state index is 12.3. The molecule has 0 aromatic heterocycles. The molecule has 2 unspecified atom stereocenters. The van der Waals surface area contributed by atoms with Crippen LogP contribution in [0.1, 0.15) is 32.1 Å². The lowest BCUT2D eigenvalue weighted by Crippen LogP contribution is -2.52. The fourth-order valence-electron chi connectivity index (χ4n) is 2.77. The Hall–Kier alpha value is -0.750. The average Bonchev–Trinajstić information content (AvgIpc) is 2.94. The summed E-state index contributed by atoms with van der Waals surface area (Å²) in [4.78, 5) is 13.0. The lowest BCUT2D eigenvalue weighted by atomic mass is 9.97. The second-order valence-corrected chi connectivity index (χ2v) is 5.53. The number of alkyl halides is 2. The zero-order chi connectivity index (χ0) is 13.3. The van der Waals surface area contributed by atoms with Gasteiger partial charge in [-0.25, -0.2) is 8.78 Å². The van der Waals surface area contributed by atoms with E-state index in [4.69, 9.17) is 0 Å². The summed E-state index contributed by atoms with van der Waals surface area (Å²) in [5, 5.41) is 12.6. The van der Waals surface area contributed by atoms with E-state index in [1.54, 1.807) is 11.9 Å². The lowest BCUT2D eigenvalue weighted by Gasteiger charge is -2.28. The van der Waals surface area contributed by atoms with Crippen molar-refractivity contribution >= 4 is 5.97 Å². The van der Waals surface area contributed by atoms with Crippen LogP contribution in [0.3, 0.4) is 0 Å². The Morgan fingerprint density at radius 3 is 2.67 bits per heavy atom. The molecule has 2 aliphatic rings. The molecule has 4 nitrogen and oxygen atoms in total. The Morgan fingerprint density at radius 2 is 2.17 bits per heavy atom. The third-order valence-electron chi connectivity index (χ3n) is 4.00. The van der Waals surface area contributed by atoms with Crippen LogP contribution in [0.15, 0.2) is 0 Å². The summed E-state index contributed by atoms with van der Waals surface area (Å²) in [5.41, 5.74) is -0.901. The summed E-state index contributed by atoms with van der Waals surface area (Å²) in [6, 6.07) is 0.238. The van der Waals surface area contributed by atoms with E-state index < -0.39 is 17.9 Å². The van der Waals surface area contributed by atoms with Gasteiger partial charge in [0, 0.05) is 12.1 Å². The smallest absolute Gasteiger partial charge is 0.323 e. The van der Waals surface area contributed by atoms with Gasteiger partial charge >= 0.3 is 5.97 Å². The van der Waals surface area contributed by atoms with Crippen molar-refractivity contribution < 1.29 is 18.7 Å². The molecule has 0 saturated heterocycles. The van der Waals surface area contributed by atoms with Gasteiger partial charge in [0.25, 0.3) is 6.43 Å². The highest BCUT2D eigenvalue weighted by Gasteiger charge is 2.49. The normalized spacial score (nSPS) is 32.4. The van der Waals surface area contributed by atoms with Crippen LogP contribution >= 0.6 is 0 Å². The van der Waals surface area contributed by atoms with E-state index in [2.05, 4.69) is 5.32 Å². The molecule has 0 aromatic rings. The number of nitrogens with one attached hydrogen (secondary N) is 1. The van der Waals surface area contributed by atoms with Crippen molar-refractivity contribution in [3.8, 4) is 0 Å². The number of carbonyl (C=O) groups is 1. The number of aliphatic carboxylic acids is 1. The van der Waals surface area contributed by atoms with Crippen molar-refractivity contribution in [2.45, 2.75) is 56.2 Å². The molecule has 2 atom stereocenters. The molecular formula is C12H20F2N2O2. The fourth-order valence-corrected chi connectivity index (χ4v) is 2.77. The summed E-state index contributed by atoms with van der Waals surface area (Å²) in [7, 11) is 1.64. The highest BCUT2D eigenvalue weighted by Crippen LogP contribution is 2.36. The third-order valence-corrected chi connectivity index (χ3v) is 4.00. The largest absolute Gasteiger partial charge is 0.480 e. The van der Waals surface area contributed by atoms with E-state index in [1.165, 1.54) is 0 Å². The topological polar surface area (TPSA) is 52.6 Å². The van der Waals surface area contributed by atoms with Gasteiger partial charge in [0.15, 0.2) is 0 Å². The Balaban J connectivity index is 1.96. The number of halogens is 2. The number of hydrogen-bond acceptors (Lipinski definition) is 3. The van der Waals surface area contributed by atoms with Gasteiger partial charge in [0.1, 0.15) is 5.54 Å². The molecule has 0 bridgehead atoms. The maximum atomic E-state index is 12.3. The van der Waals surface area contributed by atoms with Crippen molar-refractivity contribution in [2.24, 2.45) is 0 Å². The molecule has 2 aliphatic carbocycles. The standard InChI is InChI=1S/C12H20F2N2O2/c1-16(7-10(13)14)9-4-5-12(6-9,11(17)18)15-8-2-3-8/h8-10,15H,2-7H2,1H3,(H,17,18). The lowest BCUT2D eigenvalue weighted by molar-refractivity contribution is -0.145. The van der Waals surface area contributed by atoms with Crippen molar-refractivity contribution in [3.63, 3.8) is 0 Å². The first kappa shape index (κ1) is 13.7. The van der Waals surface area contributed by atoms with Crippen molar-refractivity contribution in [2.75, 3.05) is 13.6 Å². The number of carboxylic acids is 1. The van der Waals surface area contributed by atoms with Crippen LogP contribution in [0, 0.1) is 0 Å². The van der Waals surface area contributed by atoms with Crippen LogP contribution in [-0.4, -0.2) is 53.6 Å². The van der Waals surface area contributed by atoms with Gasteiger partial charge in [-0.2, -0.15) is 0 Å². The molecule has 18 heavy (non-hydrogen) atoms. The summed E-state index contributed by atoms with van der Waals surface area (Å²) in [6.45, 7) is -0.288. The molecule has 104 valence electrons. The van der Waals surface area contributed by atoms with E-state index in [1.807, 2.05) is 0 Å². The van der Waals surface area contributed by atoms with Gasteiger partial charge in [0.2, 0.25) is 0 Å². The Kier molecular flexibility index (Phi) is 3.87. The van der Waals surface area contributed by atoms with Gasteiger partial charge in [-0.15, -0.1) is 0 Å². The summed E-state index contributed by atoms with van der Waals surface area (Å²) >= 11 is 0. The molecule has 0 aliphatic heterocycles. The molecule has 0 heterocycles. The van der Waals surface area contributed by atoms with Crippen LogP contribution < -0.4 is 5.32 Å². The van der Waals surface area contributed by atoms with Crippen LogP contribution in [0.2, 0.25) is 0 Å². The van der Waals surface area contributed by atoms with E-state index in [-0.39, 0.29) is 12.6 Å². The zero-order valence-corrected chi connectivity index (χ0v) is 10.5. The molecule has 0 radical (unpaired) electrons. The second-order valence-electron chi connectivity index (χ2n) is 5.53. The van der Waals surface area contributed by atoms with Crippen LogP contribution in [-0.2, 0) is 4.79 Å². The van der Waals surface area contributed by atoms with E-state index in [0.717, 1.165) is 12.8 Å². The molecule has 2 N–H and O–H groups in total. The summed E-state index contributed by atoms with van der Waals surface area (Å²) in [5.74, 6) is -0.845. The highest BCUT2D eigenvalue weighted by molar-refractivity contribution is 5.79. The van der Waals surface area contributed by atoms with Gasteiger partial charge < -0.3 is 5.11 Å². The van der Waals surface area contributed by atoms with Crippen LogP contribution in [0.5, 0.6) is 0 Å². The maximum Gasteiger partial charge on any atom is 0.323 e. The first-order valence-electron chi connectivity index (χ1n) is 6.42. The van der Waals surface area contributed by atoms with E-state index in [0.29, 0.717) is 25.3 Å². The molecule has 0 spiro atoms. The summed E-state index contributed by atoms with van der Waals surface area (Å²) in [6.07, 6.45) is 1.28. The first-order valence-corrected chi connectivity index (χ1v) is 6.42. The molecule has 0 aromatic carbocycles. The fraction of sp³-hybridized carbons (Fsp3) is 0.917. The monoisotopic (exact) mass is 262 g/mol. The Labute approximate surface area is 105 Å². The number of rotatable bonds is 6. The predicted molar refractivity (Wildman–Crippen MR) is 62.8 cm³/mol. The molecule has 6 heteroatoms. The summed E-state index contributed by atoms with van der Waals surface area (Å²) < 4.78 is 24.7. The van der Waals surface area contributed by atoms with Gasteiger partial charge in [-0.3, -0.25) is 15.0 Å². The Bertz CT molecular complexity index is 323. The van der Waals surface area contributed by atoms with Gasteiger partial charge in [-0.05, 0) is 39.2 Å². The predicted octanol–water partition coefficient (Wildman–Crippen LogP) is 1.31. The van der Waals surface area contributed by atoms with Gasteiger partial charge in [0.05, 0.1) is 6.54 Å². The van der Waals surface area contributed by atoms with Crippen LogP contribution in [0.25, 0.3) is 0 Å². The van der Waals surface area contributed by atoms with E-state index >= 15 is 0 Å². The minimum Gasteiger partial charge on any atom is -0.480 e. The van der Waals surface area contributed by atoms with Crippen LogP contribution in [0.4, 0.5) is 8.78 Å². The minimum atomic E-state index is -2.37. The van der Waals surface area contributed by atoms with Crippen molar-refractivity contribution in [3.05, 3.63) is 0 Å². The third kappa shape index (κ3) is 2.98. The molecular weight excluding hydrogens is 242 g/mol. The molecule has 2 fully saturated rings. The zero-order valence-electron chi connectivity index (χ0n) is 10.5. The number of nitrogens with zero attached hydrogens (tertiary/aromatic N) is 1. The molecule has 2 rings (SSSR count). The van der Waals surface area contributed by atoms with E-state index in [9.17, 15) is 18.7 Å². The SMILES string of the molecule is CN(CC(F)F)C1CCC(NC2CC2)(C(=O)O)C1. The molecule has 0 amide bonds. The average molecular weight is 262 g/mol. The highest BCUT2D eigenvalue weighted by atomic mass is 19.3. The minimum absolute atomic E-state index is 0.0682. The first-order chi connectivity index (χ1) is 8.43. The number of hydrogen-bond donors (Lipinski definition) is 2. The van der Waals surface area contributed by atoms with Gasteiger partial charge in [-0.1, -0.05) is 0 Å². The molecule has 2 saturated carbocycles. The second kappa shape index (κ2) is 5.09. The van der Waals surface area contributed by atoms with Crippen molar-refractivity contribution in [1.82, 2.24) is 10.2 Å². The van der Waals surface area contributed by atoms with Crippen molar-refractivity contribution in [1.29, 1.82) is 0 Å².